The highest BCUT2D eigenvalue weighted by molar-refractivity contribution is 6.35. The first-order valence-electron chi connectivity index (χ1n) is 5.49. The molecule has 0 unspecified atom stereocenters. The van der Waals surface area contributed by atoms with Gasteiger partial charge in [-0.05, 0) is 24.3 Å². The Balaban J connectivity index is 2.23. The maximum atomic E-state index is 12.0. The van der Waals surface area contributed by atoms with E-state index in [0.29, 0.717) is 5.69 Å². The van der Waals surface area contributed by atoms with Gasteiger partial charge in [-0.15, -0.1) is 0 Å². The van der Waals surface area contributed by atoms with Crippen LogP contribution in [-0.4, -0.2) is 16.8 Å². The molecule has 0 aliphatic carbocycles. The molecule has 2 aromatic rings. The molecule has 0 fully saturated rings. The van der Waals surface area contributed by atoms with E-state index in [-0.39, 0.29) is 21.2 Å². The highest BCUT2D eigenvalue weighted by atomic mass is 35.5. The predicted octanol–water partition coefficient (Wildman–Crippen LogP) is 2.74. The van der Waals surface area contributed by atoms with Gasteiger partial charge in [0.15, 0.2) is 0 Å². The predicted molar refractivity (Wildman–Crippen MR) is 77.2 cm³/mol. The molecule has 0 radical (unpaired) electrons. The third-order valence-corrected chi connectivity index (χ3v) is 3.15. The van der Waals surface area contributed by atoms with Crippen molar-refractivity contribution in [1.82, 2.24) is 4.98 Å². The third kappa shape index (κ3) is 3.07. The monoisotopic (exact) mass is 309 g/mol. The SMILES string of the molecule is NC(=O)c1ccc(NC(=O)c2cnccc2Cl)cc1Cl. The van der Waals surface area contributed by atoms with E-state index in [0.717, 1.165) is 0 Å². The maximum absolute atomic E-state index is 12.0. The van der Waals surface area contributed by atoms with Crippen LogP contribution < -0.4 is 11.1 Å². The number of nitrogens with two attached hydrogens (primary N) is 1. The fourth-order valence-electron chi connectivity index (χ4n) is 1.54. The van der Waals surface area contributed by atoms with Gasteiger partial charge >= 0.3 is 0 Å². The number of amides is 2. The summed E-state index contributed by atoms with van der Waals surface area (Å²) in [7, 11) is 0. The topological polar surface area (TPSA) is 85.1 Å². The first kappa shape index (κ1) is 14.3. The highest BCUT2D eigenvalue weighted by Crippen LogP contribution is 2.22. The Morgan fingerprint density at radius 3 is 2.45 bits per heavy atom. The first-order chi connectivity index (χ1) is 9.49. The molecule has 102 valence electrons. The van der Waals surface area contributed by atoms with E-state index >= 15 is 0 Å². The molecule has 5 nitrogen and oxygen atoms in total. The normalized spacial score (nSPS) is 10.1. The van der Waals surface area contributed by atoms with Gasteiger partial charge in [0.1, 0.15) is 0 Å². The van der Waals surface area contributed by atoms with Crippen LogP contribution >= 0.6 is 23.2 Å². The van der Waals surface area contributed by atoms with Gasteiger partial charge in [-0.2, -0.15) is 0 Å². The van der Waals surface area contributed by atoms with Crippen LogP contribution in [0.1, 0.15) is 20.7 Å². The fraction of sp³-hybridized carbons (Fsp3) is 0. The minimum atomic E-state index is -0.636. The highest BCUT2D eigenvalue weighted by Gasteiger charge is 2.12. The van der Waals surface area contributed by atoms with Gasteiger partial charge < -0.3 is 11.1 Å². The van der Waals surface area contributed by atoms with Crippen molar-refractivity contribution < 1.29 is 9.59 Å². The molecule has 7 heteroatoms. The zero-order chi connectivity index (χ0) is 14.7. The molecule has 1 heterocycles. The molecule has 0 saturated carbocycles. The Bertz CT molecular complexity index is 689. The Hall–Kier alpha value is -2.11. The van der Waals surface area contributed by atoms with Gasteiger partial charge in [0.05, 0.1) is 21.2 Å². The molecule has 0 bridgehead atoms. The standard InChI is InChI=1S/C13H9Cl2N3O2/c14-10-3-4-17-6-9(10)13(20)18-7-1-2-8(12(16)19)11(15)5-7/h1-6H,(H2,16,19)(H,18,20). The van der Waals surface area contributed by atoms with E-state index in [2.05, 4.69) is 10.3 Å². The fourth-order valence-corrected chi connectivity index (χ4v) is 2.00. The molecule has 0 saturated heterocycles. The van der Waals surface area contributed by atoms with Gasteiger partial charge in [0.25, 0.3) is 5.91 Å². The van der Waals surface area contributed by atoms with Gasteiger partial charge in [-0.1, -0.05) is 23.2 Å². The number of hydrogen-bond acceptors (Lipinski definition) is 3. The lowest BCUT2D eigenvalue weighted by Crippen LogP contribution is -2.14. The number of nitrogens with zero attached hydrogens (tertiary/aromatic N) is 1. The van der Waals surface area contributed by atoms with Gasteiger partial charge in [0.2, 0.25) is 5.91 Å². The Kier molecular flexibility index (Phi) is 4.22. The van der Waals surface area contributed by atoms with Gasteiger partial charge in [0, 0.05) is 18.1 Å². The lowest BCUT2D eigenvalue weighted by atomic mass is 10.2. The lowest BCUT2D eigenvalue weighted by molar-refractivity contribution is 0.0998. The number of rotatable bonds is 3. The van der Waals surface area contributed by atoms with Crippen molar-refractivity contribution in [1.29, 1.82) is 0 Å². The van der Waals surface area contributed by atoms with E-state index in [9.17, 15) is 9.59 Å². The van der Waals surface area contributed by atoms with Crippen molar-refractivity contribution in [2.24, 2.45) is 5.73 Å². The van der Waals surface area contributed by atoms with Crippen molar-refractivity contribution in [2.45, 2.75) is 0 Å². The number of hydrogen-bond donors (Lipinski definition) is 2. The molecule has 0 aliphatic heterocycles. The summed E-state index contributed by atoms with van der Waals surface area (Å²) in [6.07, 6.45) is 2.84. The second-order valence-corrected chi connectivity index (χ2v) is 4.68. The molecular formula is C13H9Cl2N3O2. The Labute approximate surface area is 124 Å². The molecule has 2 rings (SSSR count). The van der Waals surface area contributed by atoms with E-state index in [1.54, 1.807) is 0 Å². The third-order valence-electron chi connectivity index (χ3n) is 2.50. The number of halogens is 2. The maximum Gasteiger partial charge on any atom is 0.258 e. The van der Waals surface area contributed by atoms with Crippen molar-refractivity contribution in [3.63, 3.8) is 0 Å². The summed E-state index contributed by atoms with van der Waals surface area (Å²) >= 11 is 11.8. The van der Waals surface area contributed by atoms with E-state index in [1.165, 1.54) is 36.7 Å². The zero-order valence-electron chi connectivity index (χ0n) is 10.1. The van der Waals surface area contributed by atoms with Gasteiger partial charge in [-0.25, -0.2) is 0 Å². The lowest BCUT2D eigenvalue weighted by Gasteiger charge is -2.08. The minimum Gasteiger partial charge on any atom is -0.366 e. The summed E-state index contributed by atoms with van der Waals surface area (Å²) in [5.74, 6) is -1.06. The first-order valence-corrected chi connectivity index (χ1v) is 6.25. The summed E-state index contributed by atoms with van der Waals surface area (Å²) < 4.78 is 0. The summed E-state index contributed by atoms with van der Waals surface area (Å²) in [4.78, 5) is 26.9. The van der Waals surface area contributed by atoms with Crippen molar-refractivity contribution >= 4 is 40.7 Å². The van der Waals surface area contributed by atoms with Crippen molar-refractivity contribution in [3.8, 4) is 0 Å². The Morgan fingerprint density at radius 2 is 1.85 bits per heavy atom. The average Bonchev–Trinajstić information content (AvgIpc) is 2.38. The van der Waals surface area contributed by atoms with E-state index < -0.39 is 11.8 Å². The van der Waals surface area contributed by atoms with Crippen LogP contribution in [-0.2, 0) is 0 Å². The van der Waals surface area contributed by atoms with Crippen molar-refractivity contribution in [3.05, 3.63) is 57.8 Å². The molecule has 20 heavy (non-hydrogen) atoms. The zero-order valence-corrected chi connectivity index (χ0v) is 11.6. The second kappa shape index (κ2) is 5.90. The summed E-state index contributed by atoms with van der Waals surface area (Å²) in [6, 6.07) is 5.91. The number of carbonyl (C=O) groups is 2. The number of carbonyl (C=O) groups excluding carboxylic acids is 2. The second-order valence-electron chi connectivity index (χ2n) is 3.87. The molecule has 0 atom stereocenters. The van der Waals surface area contributed by atoms with Gasteiger partial charge in [-0.3, -0.25) is 14.6 Å². The molecule has 1 aromatic heterocycles. The molecule has 2 amide bonds. The van der Waals surface area contributed by atoms with Crippen LogP contribution in [0.3, 0.4) is 0 Å². The average molecular weight is 310 g/mol. The van der Waals surface area contributed by atoms with Crippen LogP contribution in [0.4, 0.5) is 5.69 Å². The van der Waals surface area contributed by atoms with E-state index in [1.807, 2.05) is 0 Å². The molecule has 1 aromatic carbocycles. The van der Waals surface area contributed by atoms with Crippen LogP contribution in [0, 0.1) is 0 Å². The Morgan fingerprint density at radius 1 is 1.10 bits per heavy atom. The minimum absolute atomic E-state index is 0.160. The molecule has 0 aliphatic rings. The summed E-state index contributed by atoms with van der Waals surface area (Å²) in [6.45, 7) is 0. The smallest absolute Gasteiger partial charge is 0.258 e. The number of primary amides is 1. The number of pyridine rings is 1. The van der Waals surface area contributed by atoms with Crippen LogP contribution in [0.5, 0.6) is 0 Å². The van der Waals surface area contributed by atoms with Crippen LogP contribution in [0.25, 0.3) is 0 Å². The largest absolute Gasteiger partial charge is 0.366 e. The molecule has 3 N–H and O–H groups in total. The van der Waals surface area contributed by atoms with Crippen molar-refractivity contribution in [2.75, 3.05) is 5.32 Å². The van der Waals surface area contributed by atoms with E-state index in [4.69, 9.17) is 28.9 Å². The summed E-state index contributed by atoms with van der Waals surface area (Å²) in [5, 5.41) is 3.06. The number of aromatic nitrogens is 1. The summed E-state index contributed by atoms with van der Waals surface area (Å²) in [5.41, 5.74) is 5.99. The molecule has 0 spiro atoms. The number of anilines is 1. The van der Waals surface area contributed by atoms with Crippen LogP contribution in [0.15, 0.2) is 36.7 Å². The quantitative estimate of drug-likeness (QED) is 0.914. The molecular weight excluding hydrogens is 301 g/mol. The number of nitrogens with one attached hydrogen (secondary N) is 1. The number of benzene rings is 1. The van der Waals surface area contributed by atoms with Crippen LogP contribution in [0.2, 0.25) is 10.0 Å².